The number of thiazole rings is 1. The molecule has 1 heterocycles. The number of aryl methyl sites for hydroxylation is 1. The zero-order chi connectivity index (χ0) is 9.68. The van der Waals surface area contributed by atoms with Crippen molar-refractivity contribution >= 4 is 29.0 Å². The van der Waals surface area contributed by atoms with Gasteiger partial charge in [-0.25, -0.2) is 10.8 Å². The van der Waals surface area contributed by atoms with Gasteiger partial charge in [0, 0.05) is 23.2 Å². The molecule has 1 aromatic rings. The van der Waals surface area contributed by atoms with Crippen molar-refractivity contribution in [3.63, 3.8) is 0 Å². The van der Waals surface area contributed by atoms with Crippen LogP contribution in [0.25, 0.3) is 0 Å². The van der Waals surface area contributed by atoms with E-state index in [0.717, 1.165) is 15.8 Å². The normalized spacial score (nSPS) is 10.0. The molecule has 0 aliphatic heterocycles. The fourth-order valence-corrected chi connectivity index (χ4v) is 2.56. The second-order valence-electron chi connectivity index (χ2n) is 2.42. The van der Waals surface area contributed by atoms with E-state index in [-0.39, 0.29) is 5.91 Å². The molecular formula is C7H11N3OS2. The van der Waals surface area contributed by atoms with E-state index in [1.165, 1.54) is 0 Å². The summed E-state index contributed by atoms with van der Waals surface area (Å²) >= 11 is 3.17. The molecule has 0 saturated carbocycles. The Kier molecular flexibility index (Phi) is 4.20. The molecular weight excluding hydrogens is 206 g/mol. The van der Waals surface area contributed by atoms with E-state index < -0.39 is 0 Å². The highest BCUT2D eigenvalue weighted by Gasteiger charge is 2.01. The Morgan fingerprint density at radius 2 is 2.62 bits per heavy atom. The highest BCUT2D eigenvalue weighted by molar-refractivity contribution is 8.01. The first-order valence-electron chi connectivity index (χ1n) is 3.76. The van der Waals surface area contributed by atoms with Gasteiger partial charge in [-0.1, -0.05) is 11.8 Å². The molecule has 0 saturated heterocycles. The summed E-state index contributed by atoms with van der Waals surface area (Å²) in [7, 11) is 0. The number of carbonyl (C=O) groups excluding carboxylic acids is 1. The fourth-order valence-electron chi connectivity index (χ4n) is 0.702. The van der Waals surface area contributed by atoms with Crippen LogP contribution in [0.3, 0.4) is 0 Å². The molecule has 1 amide bonds. The molecule has 1 rings (SSSR count). The monoisotopic (exact) mass is 217 g/mol. The van der Waals surface area contributed by atoms with Crippen LogP contribution >= 0.6 is 23.1 Å². The average Bonchev–Trinajstić information content (AvgIpc) is 2.51. The molecule has 0 atom stereocenters. The molecule has 0 unspecified atom stereocenters. The number of amides is 1. The average molecular weight is 217 g/mol. The summed E-state index contributed by atoms with van der Waals surface area (Å²) in [6.45, 7) is 1.95. The van der Waals surface area contributed by atoms with E-state index in [1.54, 1.807) is 23.1 Å². The van der Waals surface area contributed by atoms with Gasteiger partial charge in [0.25, 0.3) is 0 Å². The maximum absolute atomic E-state index is 10.7. The summed E-state index contributed by atoms with van der Waals surface area (Å²) in [6.07, 6.45) is 0.430. The highest BCUT2D eigenvalue weighted by atomic mass is 32.2. The zero-order valence-electron chi connectivity index (χ0n) is 7.24. The SMILES string of the molecule is Cc1csc(SCCC(=O)NN)n1. The van der Waals surface area contributed by atoms with Crippen LogP contribution in [0.5, 0.6) is 0 Å². The van der Waals surface area contributed by atoms with E-state index in [1.807, 2.05) is 12.3 Å². The minimum absolute atomic E-state index is 0.138. The minimum Gasteiger partial charge on any atom is -0.294 e. The van der Waals surface area contributed by atoms with E-state index in [9.17, 15) is 4.79 Å². The largest absolute Gasteiger partial charge is 0.294 e. The second-order valence-corrected chi connectivity index (χ2v) is 4.62. The molecule has 0 radical (unpaired) electrons. The van der Waals surface area contributed by atoms with Gasteiger partial charge in [-0.2, -0.15) is 0 Å². The Hall–Kier alpha value is -0.590. The van der Waals surface area contributed by atoms with Crippen LogP contribution in [-0.2, 0) is 4.79 Å². The standard InChI is InChI=1S/C7H11N3OS2/c1-5-4-13-7(9-5)12-3-2-6(11)10-8/h4H,2-3,8H2,1H3,(H,10,11). The fraction of sp³-hybridized carbons (Fsp3) is 0.429. The van der Waals surface area contributed by atoms with Crippen molar-refractivity contribution in [1.82, 2.24) is 10.4 Å². The lowest BCUT2D eigenvalue weighted by molar-refractivity contribution is -0.120. The number of nitrogens with zero attached hydrogens (tertiary/aromatic N) is 1. The van der Waals surface area contributed by atoms with E-state index in [2.05, 4.69) is 10.4 Å². The van der Waals surface area contributed by atoms with E-state index in [4.69, 9.17) is 5.84 Å². The smallest absolute Gasteiger partial charge is 0.234 e. The minimum atomic E-state index is -0.138. The molecule has 3 N–H and O–H groups in total. The summed E-state index contributed by atoms with van der Waals surface area (Å²) in [5.41, 5.74) is 3.11. The summed E-state index contributed by atoms with van der Waals surface area (Å²) in [5, 5.41) is 1.99. The van der Waals surface area contributed by atoms with Crippen LogP contribution in [0.2, 0.25) is 0 Å². The van der Waals surface area contributed by atoms with Crippen LogP contribution in [-0.4, -0.2) is 16.6 Å². The summed E-state index contributed by atoms with van der Waals surface area (Å²) in [5.74, 6) is 5.51. The van der Waals surface area contributed by atoms with Crippen molar-refractivity contribution in [1.29, 1.82) is 0 Å². The Morgan fingerprint density at radius 1 is 1.85 bits per heavy atom. The number of nitrogens with two attached hydrogens (primary N) is 1. The number of nitrogens with one attached hydrogen (secondary N) is 1. The topological polar surface area (TPSA) is 68.0 Å². The molecule has 4 nitrogen and oxygen atoms in total. The summed E-state index contributed by atoms with van der Waals surface area (Å²) in [4.78, 5) is 15.0. The maximum atomic E-state index is 10.7. The molecule has 0 fully saturated rings. The van der Waals surface area contributed by atoms with Gasteiger partial charge in [-0.15, -0.1) is 11.3 Å². The van der Waals surface area contributed by atoms with Crippen molar-refractivity contribution in [2.45, 2.75) is 17.7 Å². The lowest BCUT2D eigenvalue weighted by atomic mass is 10.5. The molecule has 0 aliphatic rings. The molecule has 6 heteroatoms. The van der Waals surface area contributed by atoms with Crippen LogP contribution in [0.1, 0.15) is 12.1 Å². The third-order valence-corrected chi connectivity index (χ3v) is 3.45. The molecule has 1 aromatic heterocycles. The Bertz CT molecular complexity index is 287. The second kappa shape index (κ2) is 5.21. The molecule has 13 heavy (non-hydrogen) atoms. The summed E-state index contributed by atoms with van der Waals surface area (Å²) in [6, 6.07) is 0. The van der Waals surface area contributed by atoms with Crippen molar-refractivity contribution in [2.24, 2.45) is 5.84 Å². The van der Waals surface area contributed by atoms with Gasteiger partial charge in [-0.05, 0) is 6.92 Å². The quantitative estimate of drug-likeness (QED) is 0.341. The molecule has 0 spiro atoms. The van der Waals surface area contributed by atoms with Crippen LogP contribution in [0.15, 0.2) is 9.72 Å². The van der Waals surface area contributed by atoms with E-state index in [0.29, 0.717) is 6.42 Å². The van der Waals surface area contributed by atoms with Gasteiger partial charge in [-0.3, -0.25) is 10.2 Å². The Morgan fingerprint density at radius 3 is 3.15 bits per heavy atom. The lowest BCUT2D eigenvalue weighted by Gasteiger charge is -1.96. The van der Waals surface area contributed by atoms with Gasteiger partial charge in [0.2, 0.25) is 5.91 Å². The van der Waals surface area contributed by atoms with E-state index >= 15 is 0 Å². The van der Waals surface area contributed by atoms with Crippen LogP contribution < -0.4 is 11.3 Å². The van der Waals surface area contributed by atoms with Gasteiger partial charge in [0.15, 0.2) is 0 Å². The number of aromatic nitrogens is 1. The first-order valence-corrected chi connectivity index (χ1v) is 5.63. The molecule has 0 aromatic carbocycles. The number of carbonyl (C=O) groups is 1. The van der Waals surface area contributed by atoms with Crippen LogP contribution in [0.4, 0.5) is 0 Å². The number of hydrazine groups is 1. The number of hydrogen-bond donors (Lipinski definition) is 2. The van der Waals surface area contributed by atoms with Gasteiger partial charge < -0.3 is 0 Å². The van der Waals surface area contributed by atoms with Gasteiger partial charge >= 0.3 is 0 Å². The molecule has 0 aliphatic carbocycles. The van der Waals surface area contributed by atoms with Crippen molar-refractivity contribution in [2.75, 3.05) is 5.75 Å². The number of hydrogen-bond acceptors (Lipinski definition) is 5. The summed E-state index contributed by atoms with van der Waals surface area (Å²) < 4.78 is 1.00. The molecule has 72 valence electrons. The number of rotatable bonds is 4. The Balaban J connectivity index is 2.24. The van der Waals surface area contributed by atoms with Crippen molar-refractivity contribution in [3.8, 4) is 0 Å². The predicted octanol–water partition coefficient (Wildman–Crippen LogP) is 0.924. The van der Waals surface area contributed by atoms with Gasteiger partial charge in [0.05, 0.1) is 0 Å². The maximum Gasteiger partial charge on any atom is 0.234 e. The molecule has 0 bridgehead atoms. The van der Waals surface area contributed by atoms with Crippen LogP contribution in [0, 0.1) is 6.92 Å². The first kappa shape index (κ1) is 10.5. The third-order valence-electron chi connectivity index (χ3n) is 1.31. The van der Waals surface area contributed by atoms with Crippen molar-refractivity contribution < 1.29 is 4.79 Å². The Labute approximate surface area is 84.9 Å². The number of thioether (sulfide) groups is 1. The predicted molar refractivity (Wildman–Crippen MR) is 54.5 cm³/mol. The third kappa shape index (κ3) is 3.75. The first-order chi connectivity index (χ1) is 6.22. The zero-order valence-corrected chi connectivity index (χ0v) is 8.87. The van der Waals surface area contributed by atoms with Gasteiger partial charge in [0.1, 0.15) is 4.34 Å². The lowest BCUT2D eigenvalue weighted by Crippen LogP contribution is -2.30. The highest BCUT2D eigenvalue weighted by Crippen LogP contribution is 2.22. The van der Waals surface area contributed by atoms with Crippen molar-refractivity contribution in [3.05, 3.63) is 11.1 Å².